The molecule has 7 heteroatoms. The van der Waals surface area contributed by atoms with E-state index in [0.717, 1.165) is 4.88 Å². The standard InChI is InChI=1S/C16H18N2O4S/c1-9-12(18-15(22-9)13-3-2-6-23-13)8-14(19)17-11-5-4-10(7-11)16(20)21/h2-3,6,10-11H,4-5,7-8H2,1H3,(H,17,19)(H,20,21)/t10-,11+/m1/s1. The molecule has 2 aromatic rings. The third kappa shape index (κ3) is 3.61. The average Bonchev–Trinajstić information content (AvgIpc) is 3.20. The molecule has 23 heavy (non-hydrogen) atoms. The van der Waals surface area contributed by atoms with Gasteiger partial charge in [0.2, 0.25) is 11.8 Å². The molecule has 0 spiro atoms. The molecule has 0 unspecified atom stereocenters. The summed E-state index contributed by atoms with van der Waals surface area (Å²) >= 11 is 1.53. The van der Waals surface area contributed by atoms with Crippen molar-refractivity contribution in [3.8, 4) is 10.8 Å². The van der Waals surface area contributed by atoms with Crippen LogP contribution in [0.15, 0.2) is 21.9 Å². The van der Waals surface area contributed by atoms with E-state index >= 15 is 0 Å². The van der Waals surface area contributed by atoms with Crippen molar-refractivity contribution in [2.24, 2.45) is 5.92 Å². The van der Waals surface area contributed by atoms with E-state index in [4.69, 9.17) is 9.52 Å². The van der Waals surface area contributed by atoms with E-state index in [1.165, 1.54) is 11.3 Å². The van der Waals surface area contributed by atoms with Gasteiger partial charge >= 0.3 is 5.97 Å². The number of hydrogen-bond donors (Lipinski definition) is 2. The SMILES string of the molecule is Cc1oc(-c2cccs2)nc1CC(=O)N[C@H]1CC[C@@H](C(=O)O)C1. The Kier molecular flexibility index (Phi) is 4.47. The van der Waals surface area contributed by atoms with Gasteiger partial charge in [-0.1, -0.05) is 6.07 Å². The molecule has 0 radical (unpaired) electrons. The number of carboxylic acids is 1. The van der Waals surface area contributed by atoms with Crippen molar-refractivity contribution >= 4 is 23.2 Å². The van der Waals surface area contributed by atoms with Gasteiger partial charge in [0, 0.05) is 6.04 Å². The molecule has 0 saturated heterocycles. The number of thiophene rings is 1. The van der Waals surface area contributed by atoms with Gasteiger partial charge in [0.15, 0.2) is 0 Å². The van der Waals surface area contributed by atoms with Crippen LogP contribution in [0.2, 0.25) is 0 Å². The first-order valence-corrected chi connectivity index (χ1v) is 8.43. The first-order chi connectivity index (χ1) is 11.0. The molecule has 2 atom stereocenters. The smallest absolute Gasteiger partial charge is 0.306 e. The predicted octanol–water partition coefficient (Wildman–Crippen LogP) is 2.62. The highest BCUT2D eigenvalue weighted by atomic mass is 32.1. The topological polar surface area (TPSA) is 92.4 Å². The lowest BCUT2D eigenvalue weighted by Gasteiger charge is -2.11. The van der Waals surface area contributed by atoms with Crippen molar-refractivity contribution in [3.63, 3.8) is 0 Å². The molecule has 0 bridgehead atoms. The van der Waals surface area contributed by atoms with Crippen LogP contribution in [0.5, 0.6) is 0 Å². The second-order valence-corrected chi connectivity index (χ2v) is 6.74. The van der Waals surface area contributed by atoms with Crippen LogP contribution in [0, 0.1) is 12.8 Å². The first-order valence-electron chi connectivity index (χ1n) is 7.55. The minimum absolute atomic E-state index is 0.0624. The quantitative estimate of drug-likeness (QED) is 0.877. The minimum Gasteiger partial charge on any atom is -0.481 e. The van der Waals surface area contributed by atoms with E-state index < -0.39 is 5.97 Å². The highest BCUT2D eigenvalue weighted by Crippen LogP contribution is 2.27. The second kappa shape index (κ2) is 6.54. The third-order valence-electron chi connectivity index (χ3n) is 4.10. The first kappa shape index (κ1) is 15.7. The number of aromatic nitrogens is 1. The number of carbonyl (C=O) groups excluding carboxylic acids is 1. The summed E-state index contributed by atoms with van der Waals surface area (Å²) in [7, 11) is 0. The van der Waals surface area contributed by atoms with Crippen molar-refractivity contribution in [2.75, 3.05) is 0 Å². The zero-order valence-electron chi connectivity index (χ0n) is 12.7. The number of carboxylic acid groups (broad SMARTS) is 1. The number of carbonyl (C=O) groups is 2. The van der Waals surface area contributed by atoms with Gasteiger partial charge in [-0.2, -0.15) is 0 Å². The van der Waals surface area contributed by atoms with E-state index in [-0.39, 0.29) is 24.3 Å². The molecule has 3 rings (SSSR count). The maximum atomic E-state index is 12.2. The van der Waals surface area contributed by atoms with Crippen LogP contribution in [0.3, 0.4) is 0 Å². The van der Waals surface area contributed by atoms with Crippen molar-refractivity contribution in [3.05, 3.63) is 29.0 Å². The molecule has 1 amide bonds. The zero-order chi connectivity index (χ0) is 16.4. The second-order valence-electron chi connectivity index (χ2n) is 5.79. The van der Waals surface area contributed by atoms with Crippen LogP contribution >= 0.6 is 11.3 Å². The molecule has 0 aromatic carbocycles. The zero-order valence-corrected chi connectivity index (χ0v) is 13.6. The monoisotopic (exact) mass is 334 g/mol. The molecule has 2 N–H and O–H groups in total. The van der Waals surface area contributed by atoms with E-state index in [9.17, 15) is 9.59 Å². The number of hydrogen-bond acceptors (Lipinski definition) is 5. The molecular weight excluding hydrogens is 316 g/mol. The molecule has 1 fully saturated rings. The van der Waals surface area contributed by atoms with E-state index in [0.29, 0.717) is 36.6 Å². The summed E-state index contributed by atoms with van der Waals surface area (Å²) in [5.41, 5.74) is 0.624. The lowest BCUT2D eigenvalue weighted by atomic mass is 10.1. The van der Waals surface area contributed by atoms with Crippen LogP contribution in [0.1, 0.15) is 30.7 Å². The highest BCUT2D eigenvalue weighted by molar-refractivity contribution is 7.13. The molecule has 6 nitrogen and oxygen atoms in total. The summed E-state index contributed by atoms with van der Waals surface area (Å²) in [6.07, 6.45) is 1.97. The van der Waals surface area contributed by atoms with E-state index in [1.54, 1.807) is 6.92 Å². The van der Waals surface area contributed by atoms with Crippen molar-refractivity contribution < 1.29 is 19.1 Å². The molecule has 0 aliphatic heterocycles. The summed E-state index contributed by atoms with van der Waals surface area (Å²) in [5, 5.41) is 13.8. The summed E-state index contributed by atoms with van der Waals surface area (Å²) in [6.45, 7) is 1.79. The molecule has 1 saturated carbocycles. The van der Waals surface area contributed by atoms with E-state index in [2.05, 4.69) is 10.3 Å². The summed E-state index contributed by atoms with van der Waals surface area (Å²) in [4.78, 5) is 28.4. The minimum atomic E-state index is -0.783. The Morgan fingerprint density at radius 2 is 2.30 bits per heavy atom. The van der Waals surface area contributed by atoms with Crippen LogP contribution in [0.25, 0.3) is 10.8 Å². The molecule has 2 heterocycles. The number of aryl methyl sites for hydroxylation is 1. The van der Waals surface area contributed by atoms with Gasteiger partial charge in [-0.3, -0.25) is 9.59 Å². The Labute approximate surface area is 137 Å². The lowest BCUT2D eigenvalue weighted by Crippen LogP contribution is -2.34. The predicted molar refractivity (Wildman–Crippen MR) is 85.2 cm³/mol. The van der Waals surface area contributed by atoms with Crippen LogP contribution in [0.4, 0.5) is 0 Å². The Balaban J connectivity index is 1.59. The molecule has 122 valence electrons. The fourth-order valence-corrected chi connectivity index (χ4v) is 3.51. The fourth-order valence-electron chi connectivity index (χ4n) is 2.87. The van der Waals surface area contributed by atoms with Crippen LogP contribution in [-0.4, -0.2) is 28.0 Å². The maximum Gasteiger partial charge on any atom is 0.306 e. The molecule has 1 aliphatic rings. The Bertz CT molecular complexity index is 708. The lowest BCUT2D eigenvalue weighted by molar-refractivity contribution is -0.141. The number of aliphatic carboxylic acids is 1. The van der Waals surface area contributed by atoms with Crippen molar-refractivity contribution in [1.29, 1.82) is 0 Å². The normalized spacial score (nSPS) is 20.6. The van der Waals surface area contributed by atoms with Gasteiger partial charge in [-0.25, -0.2) is 4.98 Å². The number of oxazole rings is 1. The van der Waals surface area contributed by atoms with Crippen LogP contribution < -0.4 is 5.32 Å². The van der Waals surface area contributed by atoms with Crippen molar-refractivity contribution in [1.82, 2.24) is 10.3 Å². The van der Waals surface area contributed by atoms with Gasteiger partial charge in [0.05, 0.1) is 22.9 Å². The molecule has 2 aromatic heterocycles. The number of amides is 1. The Morgan fingerprint density at radius 1 is 1.48 bits per heavy atom. The molecule has 1 aliphatic carbocycles. The summed E-state index contributed by atoms with van der Waals surface area (Å²) in [6, 6.07) is 3.78. The van der Waals surface area contributed by atoms with Crippen LogP contribution in [-0.2, 0) is 16.0 Å². The number of nitrogens with one attached hydrogen (secondary N) is 1. The number of rotatable bonds is 5. The van der Waals surface area contributed by atoms with Gasteiger partial charge in [-0.05, 0) is 37.6 Å². The summed E-state index contributed by atoms with van der Waals surface area (Å²) in [5.74, 6) is -0.102. The van der Waals surface area contributed by atoms with E-state index in [1.807, 2.05) is 17.5 Å². The highest BCUT2D eigenvalue weighted by Gasteiger charge is 2.30. The fraction of sp³-hybridized carbons (Fsp3) is 0.438. The van der Waals surface area contributed by atoms with Crippen molar-refractivity contribution in [2.45, 2.75) is 38.6 Å². The Morgan fingerprint density at radius 3 is 2.96 bits per heavy atom. The largest absolute Gasteiger partial charge is 0.481 e. The Hall–Kier alpha value is -2.15. The maximum absolute atomic E-state index is 12.2. The molecular formula is C16H18N2O4S. The van der Waals surface area contributed by atoms with Gasteiger partial charge in [0.25, 0.3) is 0 Å². The summed E-state index contributed by atoms with van der Waals surface area (Å²) < 4.78 is 5.62. The van der Waals surface area contributed by atoms with Gasteiger partial charge < -0.3 is 14.8 Å². The third-order valence-corrected chi connectivity index (χ3v) is 4.96. The number of nitrogens with zero attached hydrogens (tertiary/aromatic N) is 1. The van der Waals surface area contributed by atoms with Gasteiger partial charge in [0.1, 0.15) is 5.76 Å². The average molecular weight is 334 g/mol. The van der Waals surface area contributed by atoms with Gasteiger partial charge in [-0.15, -0.1) is 11.3 Å².